The van der Waals surface area contributed by atoms with Gasteiger partial charge in [-0.15, -0.1) is 10.2 Å². The number of allylic oxidation sites excluding steroid dienone is 1. The van der Waals surface area contributed by atoms with Gasteiger partial charge in [0.05, 0.1) is 23.9 Å². The Bertz CT molecular complexity index is 1060. The number of oxime groups is 1. The number of alkyl halides is 1. The molecule has 152 valence electrons. The number of halogens is 2. The molecule has 3 heterocycles. The van der Waals surface area contributed by atoms with E-state index in [-0.39, 0.29) is 21.6 Å². The van der Waals surface area contributed by atoms with E-state index in [1.54, 1.807) is 18.6 Å². The molecule has 0 aliphatic carbocycles. The van der Waals surface area contributed by atoms with Gasteiger partial charge in [-0.2, -0.15) is 5.10 Å². The zero-order valence-corrected chi connectivity index (χ0v) is 19.9. The van der Waals surface area contributed by atoms with Gasteiger partial charge in [0.15, 0.2) is 0 Å². The van der Waals surface area contributed by atoms with E-state index < -0.39 is 0 Å². The Kier molecular flexibility index (Phi) is 7.00. The first-order valence-electron chi connectivity index (χ1n) is 8.50. The maximum atomic E-state index is 9.48. The van der Waals surface area contributed by atoms with Crippen molar-refractivity contribution in [3.8, 4) is 5.88 Å². The smallest absolute Gasteiger partial charge is 0.238 e. The highest BCUT2D eigenvalue weighted by Gasteiger charge is 2.29. The van der Waals surface area contributed by atoms with Crippen LogP contribution in [-0.4, -0.2) is 47.4 Å². The van der Waals surface area contributed by atoms with Crippen LogP contribution >= 0.6 is 45.2 Å². The van der Waals surface area contributed by atoms with Crippen molar-refractivity contribution in [3.05, 3.63) is 57.3 Å². The summed E-state index contributed by atoms with van der Waals surface area (Å²) in [6.07, 6.45) is 6.52. The first kappa shape index (κ1) is 21.8. The summed E-state index contributed by atoms with van der Waals surface area (Å²) in [7, 11) is 0. The summed E-state index contributed by atoms with van der Waals surface area (Å²) in [5, 5.41) is 34.8. The van der Waals surface area contributed by atoms with E-state index >= 15 is 0 Å². The standard InChI is InChI=1S/C18H18I2N6O3/c1-18(2,20)15-14-8-22-23-16(13(25-28)7-12(19)9-27)26(14)24-17(15)29-10-11-3-5-21-6-4-11/h3-8,27-28H,9-10H2,1-2H3/b12-7-,25-13+. The largest absolute Gasteiger partial charge is 0.471 e. The molecule has 9 nitrogen and oxygen atoms in total. The van der Waals surface area contributed by atoms with Gasteiger partial charge in [-0.3, -0.25) is 4.98 Å². The molecular formula is C18H18I2N6O3. The van der Waals surface area contributed by atoms with Crippen LogP contribution in [-0.2, 0) is 10.0 Å². The van der Waals surface area contributed by atoms with Gasteiger partial charge >= 0.3 is 0 Å². The van der Waals surface area contributed by atoms with Crippen molar-refractivity contribution in [2.45, 2.75) is 23.9 Å². The third-order valence-electron chi connectivity index (χ3n) is 3.92. The van der Waals surface area contributed by atoms with Crippen molar-refractivity contribution in [3.63, 3.8) is 0 Å². The molecular weight excluding hydrogens is 602 g/mol. The van der Waals surface area contributed by atoms with E-state index in [1.807, 2.05) is 48.6 Å². The summed E-state index contributed by atoms with van der Waals surface area (Å²) in [4.78, 5) is 4.01. The molecule has 0 amide bonds. The van der Waals surface area contributed by atoms with E-state index in [2.05, 4.69) is 48.0 Å². The zero-order valence-electron chi connectivity index (χ0n) is 15.6. The maximum Gasteiger partial charge on any atom is 0.238 e. The average Bonchev–Trinajstić information content (AvgIpc) is 3.10. The summed E-state index contributed by atoms with van der Waals surface area (Å²) in [6.45, 7) is 4.22. The van der Waals surface area contributed by atoms with Crippen LogP contribution in [0.3, 0.4) is 0 Å². The first-order chi connectivity index (χ1) is 13.8. The Morgan fingerprint density at radius 3 is 2.69 bits per heavy atom. The van der Waals surface area contributed by atoms with Crippen molar-refractivity contribution in [2.75, 3.05) is 6.61 Å². The van der Waals surface area contributed by atoms with Gasteiger partial charge in [0, 0.05) is 19.4 Å². The summed E-state index contributed by atoms with van der Waals surface area (Å²) < 4.78 is 7.82. The average molecular weight is 620 g/mol. The molecule has 0 aliphatic heterocycles. The molecule has 0 aliphatic rings. The molecule has 3 aromatic heterocycles. The summed E-state index contributed by atoms with van der Waals surface area (Å²) in [6, 6.07) is 3.74. The lowest BCUT2D eigenvalue weighted by atomic mass is 10.1. The molecule has 0 atom stereocenters. The Labute approximate surface area is 194 Å². The van der Waals surface area contributed by atoms with Crippen LogP contribution in [0, 0.1) is 0 Å². The highest BCUT2D eigenvalue weighted by atomic mass is 127. The van der Waals surface area contributed by atoms with Crippen molar-refractivity contribution in [2.24, 2.45) is 5.16 Å². The molecule has 0 saturated heterocycles. The van der Waals surface area contributed by atoms with Gasteiger partial charge in [0.1, 0.15) is 12.3 Å². The molecule has 0 unspecified atom stereocenters. The van der Waals surface area contributed by atoms with E-state index in [4.69, 9.17) is 4.74 Å². The van der Waals surface area contributed by atoms with E-state index in [0.29, 0.717) is 21.6 Å². The molecule has 0 bridgehead atoms. The second-order valence-electron chi connectivity index (χ2n) is 6.50. The van der Waals surface area contributed by atoms with E-state index in [9.17, 15) is 10.3 Å². The van der Waals surface area contributed by atoms with Gasteiger partial charge in [0.2, 0.25) is 11.7 Å². The highest BCUT2D eigenvalue weighted by molar-refractivity contribution is 14.1. The molecule has 29 heavy (non-hydrogen) atoms. The van der Waals surface area contributed by atoms with Crippen LogP contribution in [0.15, 0.2) is 45.5 Å². The van der Waals surface area contributed by atoms with Crippen LogP contribution in [0.5, 0.6) is 5.88 Å². The molecule has 3 rings (SSSR count). The predicted molar refractivity (Wildman–Crippen MR) is 124 cm³/mol. The molecule has 11 heteroatoms. The highest BCUT2D eigenvalue weighted by Crippen LogP contribution is 2.40. The Morgan fingerprint density at radius 1 is 1.34 bits per heavy atom. The fourth-order valence-electron chi connectivity index (χ4n) is 2.65. The minimum absolute atomic E-state index is 0.127. The van der Waals surface area contributed by atoms with Crippen LogP contribution in [0.1, 0.15) is 30.8 Å². The van der Waals surface area contributed by atoms with Crippen LogP contribution in [0.25, 0.3) is 5.52 Å². The number of pyridine rings is 1. The second-order valence-corrected chi connectivity index (χ2v) is 10.6. The lowest BCUT2D eigenvalue weighted by molar-refractivity contribution is 0.288. The quantitative estimate of drug-likeness (QED) is 0.137. The second kappa shape index (κ2) is 9.30. The molecule has 2 N–H and O–H groups in total. The third-order valence-corrected chi connectivity index (χ3v) is 5.11. The van der Waals surface area contributed by atoms with Gasteiger partial charge in [-0.05, 0) is 60.2 Å². The van der Waals surface area contributed by atoms with Gasteiger partial charge in [0.25, 0.3) is 0 Å². The van der Waals surface area contributed by atoms with E-state index in [0.717, 1.165) is 11.1 Å². The number of aromatic nitrogens is 5. The number of aliphatic hydroxyl groups is 1. The fourth-order valence-corrected chi connectivity index (χ4v) is 3.46. The van der Waals surface area contributed by atoms with Crippen LogP contribution < -0.4 is 4.74 Å². The zero-order chi connectivity index (χ0) is 21.0. The number of ether oxygens (including phenoxy) is 1. The van der Waals surface area contributed by atoms with Gasteiger partial charge in [-0.25, -0.2) is 4.52 Å². The normalized spacial score (nSPS) is 13.1. The minimum Gasteiger partial charge on any atom is -0.471 e. The number of rotatable bonds is 7. The van der Waals surface area contributed by atoms with E-state index in [1.165, 1.54) is 10.6 Å². The number of fused-ring (bicyclic) bond motifs is 1. The monoisotopic (exact) mass is 620 g/mol. The number of nitrogens with zero attached hydrogens (tertiary/aromatic N) is 6. The lowest BCUT2D eigenvalue weighted by Gasteiger charge is -2.17. The summed E-state index contributed by atoms with van der Waals surface area (Å²) >= 11 is 4.26. The number of hydrogen-bond acceptors (Lipinski definition) is 8. The topological polar surface area (TPSA) is 118 Å². The fraction of sp³-hybridized carbons (Fsp3) is 0.278. The molecule has 0 spiro atoms. The first-order valence-corrected chi connectivity index (χ1v) is 10.7. The van der Waals surface area contributed by atoms with Crippen molar-refractivity contribution >= 4 is 56.4 Å². The SMILES string of the molecule is CC(C)(I)c1c(OCc2ccncc2)nn2c(C(/C=C(\I)CO)=N/O)nncc12. The third kappa shape index (κ3) is 5.01. The molecule has 0 aromatic carbocycles. The predicted octanol–water partition coefficient (Wildman–Crippen LogP) is 3.26. The molecule has 0 saturated carbocycles. The number of aliphatic hydroxyl groups excluding tert-OH is 1. The van der Waals surface area contributed by atoms with Crippen molar-refractivity contribution < 1.29 is 15.1 Å². The maximum absolute atomic E-state index is 9.48. The van der Waals surface area contributed by atoms with Crippen LogP contribution in [0.4, 0.5) is 0 Å². The Morgan fingerprint density at radius 2 is 2.07 bits per heavy atom. The molecule has 0 fully saturated rings. The Hall–Kier alpha value is -1.87. The number of hydrogen-bond donors (Lipinski definition) is 2. The lowest BCUT2D eigenvalue weighted by Crippen LogP contribution is -2.12. The summed E-state index contributed by atoms with van der Waals surface area (Å²) in [5.74, 6) is 0.670. The van der Waals surface area contributed by atoms with Crippen molar-refractivity contribution in [1.29, 1.82) is 0 Å². The molecule has 0 radical (unpaired) electrons. The summed E-state index contributed by atoms with van der Waals surface area (Å²) in [5.41, 5.74) is 2.63. The van der Waals surface area contributed by atoms with Crippen LogP contribution in [0.2, 0.25) is 0 Å². The van der Waals surface area contributed by atoms with Crippen molar-refractivity contribution in [1.82, 2.24) is 24.8 Å². The van der Waals surface area contributed by atoms with Gasteiger partial charge in [-0.1, -0.05) is 27.7 Å². The van der Waals surface area contributed by atoms with Gasteiger partial charge < -0.3 is 15.1 Å². The minimum atomic E-state index is -0.320. The Balaban J connectivity index is 2.12. The molecule has 3 aromatic rings.